The lowest BCUT2D eigenvalue weighted by Crippen LogP contribution is -2.16. The van der Waals surface area contributed by atoms with Gasteiger partial charge in [0.05, 0.1) is 17.3 Å². The molecule has 0 amide bonds. The molecule has 0 spiro atoms. The summed E-state index contributed by atoms with van der Waals surface area (Å²) in [5, 5.41) is 12.5. The van der Waals surface area contributed by atoms with E-state index >= 15 is 0 Å². The molecule has 0 unspecified atom stereocenters. The van der Waals surface area contributed by atoms with Crippen molar-refractivity contribution >= 4 is 11.3 Å². The monoisotopic (exact) mass is 281 g/mol. The topological polar surface area (TPSA) is 42.4 Å². The number of thiazole rings is 1. The second-order valence-electron chi connectivity index (χ2n) is 4.71. The molecule has 0 aliphatic carbocycles. The number of halogens is 1. The number of para-hydroxylation sites is 1. The lowest BCUT2D eigenvalue weighted by atomic mass is 10.1. The smallest absolute Gasteiger partial charge is 0.165 e. The normalized spacial score (nSPS) is 11.6. The summed E-state index contributed by atoms with van der Waals surface area (Å²) in [5.41, 5.74) is -0.278. The minimum absolute atomic E-state index is 0.252. The van der Waals surface area contributed by atoms with Crippen molar-refractivity contribution in [1.82, 2.24) is 4.98 Å². The summed E-state index contributed by atoms with van der Waals surface area (Å²) in [6, 6.07) is 6.32. The third-order valence-corrected chi connectivity index (χ3v) is 3.50. The van der Waals surface area contributed by atoms with Crippen LogP contribution in [0.4, 0.5) is 4.39 Å². The van der Waals surface area contributed by atoms with Crippen molar-refractivity contribution in [2.75, 3.05) is 6.61 Å². The predicted molar refractivity (Wildman–Crippen MR) is 73.0 cm³/mol. The Labute approximate surface area is 115 Å². The fourth-order valence-corrected chi connectivity index (χ4v) is 2.46. The Balaban J connectivity index is 1.90. The van der Waals surface area contributed by atoms with E-state index in [1.54, 1.807) is 32.0 Å². The number of aliphatic hydroxyl groups is 1. The van der Waals surface area contributed by atoms with Gasteiger partial charge in [-0.2, -0.15) is 0 Å². The quantitative estimate of drug-likeness (QED) is 0.915. The molecular weight excluding hydrogens is 265 g/mol. The van der Waals surface area contributed by atoms with E-state index in [0.717, 1.165) is 5.01 Å². The van der Waals surface area contributed by atoms with Gasteiger partial charge in [-0.25, -0.2) is 9.37 Å². The highest BCUT2D eigenvalue weighted by molar-refractivity contribution is 7.09. The first-order valence-electron chi connectivity index (χ1n) is 6.01. The molecule has 2 rings (SSSR count). The first kappa shape index (κ1) is 14.0. The zero-order valence-corrected chi connectivity index (χ0v) is 11.7. The highest BCUT2D eigenvalue weighted by Crippen LogP contribution is 2.22. The molecule has 0 aliphatic rings. The fraction of sp³-hybridized carbons (Fsp3) is 0.357. The van der Waals surface area contributed by atoms with E-state index in [-0.39, 0.29) is 11.6 Å². The highest BCUT2D eigenvalue weighted by Gasteiger charge is 2.19. The lowest BCUT2D eigenvalue weighted by molar-refractivity contribution is 0.0743. The lowest BCUT2D eigenvalue weighted by Gasteiger charge is -2.13. The Morgan fingerprint density at radius 3 is 2.74 bits per heavy atom. The minimum atomic E-state index is -0.929. The third kappa shape index (κ3) is 3.75. The molecule has 0 radical (unpaired) electrons. The summed E-state index contributed by atoms with van der Waals surface area (Å²) in [7, 11) is 0. The minimum Gasteiger partial charge on any atom is -0.490 e. The van der Waals surface area contributed by atoms with Gasteiger partial charge in [-0.15, -0.1) is 11.3 Å². The second-order valence-corrected chi connectivity index (χ2v) is 5.66. The van der Waals surface area contributed by atoms with E-state index in [9.17, 15) is 9.50 Å². The number of aromatic nitrogens is 1. The molecule has 0 fully saturated rings. The molecule has 1 aromatic carbocycles. The van der Waals surface area contributed by atoms with Crippen LogP contribution in [0.2, 0.25) is 0 Å². The van der Waals surface area contributed by atoms with Gasteiger partial charge in [0, 0.05) is 11.8 Å². The molecular formula is C14H16FNO2S. The maximum absolute atomic E-state index is 13.3. The number of nitrogens with zero attached hydrogens (tertiary/aromatic N) is 1. The van der Waals surface area contributed by atoms with E-state index in [1.165, 1.54) is 17.4 Å². The molecule has 1 N–H and O–H groups in total. The van der Waals surface area contributed by atoms with Crippen LogP contribution in [0, 0.1) is 5.82 Å². The van der Waals surface area contributed by atoms with Crippen LogP contribution < -0.4 is 4.74 Å². The van der Waals surface area contributed by atoms with Crippen LogP contribution in [0.1, 0.15) is 24.5 Å². The van der Waals surface area contributed by atoms with Crippen molar-refractivity contribution in [3.05, 3.63) is 46.2 Å². The van der Waals surface area contributed by atoms with Crippen molar-refractivity contribution in [3.8, 4) is 5.75 Å². The Hall–Kier alpha value is -1.46. The molecule has 102 valence electrons. The third-order valence-electron chi connectivity index (χ3n) is 2.59. The number of hydrogen-bond donors (Lipinski definition) is 1. The van der Waals surface area contributed by atoms with Gasteiger partial charge < -0.3 is 9.84 Å². The zero-order valence-electron chi connectivity index (χ0n) is 10.9. The van der Waals surface area contributed by atoms with Crippen molar-refractivity contribution in [1.29, 1.82) is 0 Å². The molecule has 0 saturated heterocycles. The van der Waals surface area contributed by atoms with Crippen LogP contribution >= 0.6 is 11.3 Å². The maximum atomic E-state index is 13.3. The fourth-order valence-electron chi connectivity index (χ4n) is 1.52. The van der Waals surface area contributed by atoms with Crippen molar-refractivity contribution < 1.29 is 14.2 Å². The molecule has 2 aromatic rings. The molecule has 5 heteroatoms. The van der Waals surface area contributed by atoms with Crippen LogP contribution in [0.3, 0.4) is 0 Å². The summed E-state index contributed by atoms with van der Waals surface area (Å²) in [4.78, 5) is 4.33. The van der Waals surface area contributed by atoms with Crippen LogP contribution in [0.15, 0.2) is 29.6 Å². The Bertz CT molecular complexity index is 548. The standard InChI is InChI=1S/C14H16FNO2S/c1-14(2,17)12-9-19-13(16-12)7-8-18-11-6-4-3-5-10(11)15/h3-6,9,17H,7-8H2,1-2H3. The average Bonchev–Trinajstić information content (AvgIpc) is 2.80. The Morgan fingerprint density at radius 2 is 2.11 bits per heavy atom. The number of ether oxygens (including phenoxy) is 1. The average molecular weight is 281 g/mol. The summed E-state index contributed by atoms with van der Waals surface area (Å²) >= 11 is 1.47. The van der Waals surface area contributed by atoms with Crippen LogP contribution in [-0.2, 0) is 12.0 Å². The molecule has 3 nitrogen and oxygen atoms in total. The van der Waals surface area contributed by atoms with Crippen LogP contribution in [-0.4, -0.2) is 16.7 Å². The Morgan fingerprint density at radius 1 is 1.37 bits per heavy atom. The Kier molecular flexibility index (Phi) is 4.17. The van der Waals surface area contributed by atoms with E-state index in [4.69, 9.17) is 4.74 Å². The summed E-state index contributed by atoms with van der Waals surface area (Å²) in [6.07, 6.45) is 0.592. The molecule has 0 bridgehead atoms. The van der Waals surface area contributed by atoms with Crippen LogP contribution in [0.5, 0.6) is 5.75 Å². The molecule has 0 aliphatic heterocycles. The zero-order chi connectivity index (χ0) is 13.9. The molecule has 1 heterocycles. The number of rotatable bonds is 5. The van der Waals surface area contributed by atoms with Gasteiger partial charge in [-0.05, 0) is 26.0 Å². The van der Waals surface area contributed by atoms with Gasteiger partial charge in [0.1, 0.15) is 5.60 Å². The summed E-state index contributed by atoms with van der Waals surface area (Å²) in [6.45, 7) is 3.75. The van der Waals surface area contributed by atoms with Gasteiger partial charge in [-0.3, -0.25) is 0 Å². The molecule has 0 saturated carbocycles. The first-order valence-corrected chi connectivity index (χ1v) is 6.89. The van der Waals surface area contributed by atoms with Crippen molar-refractivity contribution in [2.24, 2.45) is 0 Å². The van der Waals surface area contributed by atoms with Gasteiger partial charge >= 0.3 is 0 Å². The van der Waals surface area contributed by atoms with Crippen molar-refractivity contribution in [2.45, 2.75) is 25.9 Å². The molecule has 1 aromatic heterocycles. The number of hydrogen-bond acceptors (Lipinski definition) is 4. The molecule has 0 atom stereocenters. The predicted octanol–water partition coefficient (Wildman–Crippen LogP) is 3.13. The summed E-state index contributed by atoms with van der Waals surface area (Å²) < 4.78 is 18.7. The van der Waals surface area contributed by atoms with Crippen LogP contribution in [0.25, 0.3) is 0 Å². The number of benzene rings is 1. The summed E-state index contributed by atoms with van der Waals surface area (Å²) in [5.74, 6) is -0.111. The van der Waals surface area contributed by atoms with Gasteiger partial charge in [0.25, 0.3) is 0 Å². The van der Waals surface area contributed by atoms with Crippen molar-refractivity contribution in [3.63, 3.8) is 0 Å². The van der Waals surface area contributed by atoms with Gasteiger partial charge in [0.2, 0.25) is 0 Å². The van der Waals surface area contributed by atoms with E-state index in [1.807, 2.05) is 5.38 Å². The van der Waals surface area contributed by atoms with E-state index < -0.39 is 5.60 Å². The SMILES string of the molecule is CC(C)(O)c1csc(CCOc2ccccc2F)n1. The van der Waals surface area contributed by atoms with E-state index in [0.29, 0.717) is 18.7 Å². The van der Waals surface area contributed by atoms with Gasteiger partial charge in [0.15, 0.2) is 11.6 Å². The first-order chi connectivity index (χ1) is 8.97. The second kappa shape index (κ2) is 5.67. The largest absolute Gasteiger partial charge is 0.490 e. The maximum Gasteiger partial charge on any atom is 0.165 e. The molecule has 19 heavy (non-hydrogen) atoms. The highest BCUT2D eigenvalue weighted by atomic mass is 32.1. The van der Waals surface area contributed by atoms with Gasteiger partial charge in [-0.1, -0.05) is 12.1 Å². The van der Waals surface area contributed by atoms with E-state index in [2.05, 4.69) is 4.98 Å².